The Morgan fingerprint density at radius 1 is 1.21 bits per heavy atom. The predicted molar refractivity (Wildman–Crippen MR) is 97.9 cm³/mol. The van der Waals surface area contributed by atoms with Gasteiger partial charge in [0.1, 0.15) is 12.6 Å². The topological polar surface area (TPSA) is 117 Å². The molecule has 0 bridgehead atoms. The molecule has 1 saturated heterocycles. The molecule has 1 saturated carbocycles. The SMILES string of the molecule is N#Cc1ccc(NC(=O)COC(=O)CN2C(=O)[C@H]3CCCC[C@@H]3C2=O)cc1Cl. The molecule has 0 unspecified atom stereocenters. The normalized spacial score (nSPS) is 21.1. The van der Waals surface area contributed by atoms with E-state index in [-0.39, 0.29) is 34.2 Å². The van der Waals surface area contributed by atoms with Gasteiger partial charge in [-0.2, -0.15) is 5.26 Å². The van der Waals surface area contributed by atoms with Crippen molar-refractivity contribution in [1.29, 1.82) is 5.26 Å². The Hall–Kier alpha value is -2.92. The van der Waals surface area contributed by atoms with Gasteiger partial charge >= 0.3 is 5.97 Å². The van der Waals surface area contributed by atoms with Crippen LogP contribution in [0.3, 0.4) is 0 Å². The third-order valence-corrected chi connectivity index (χ3v) is 5.27. The van der Waals surface area contributed by atoms with Gasteiger partial charge in [-0.1, -0.05) is 24.4 Å². The second-order valence-electron chi connectivity index (χ2n) is 6.78. The minimum Gasteiger partial charge on any atom is -0.454 e. The molecule has 1 N–H and O–H groups in total. The summed E-state index contributed by atoms with van der Waals surface area (Å²) in [5.74, 6) is -2.76. The number of ether oxygens (including phenoxy) is 1. The van der Waals surface area contributed by atoms with E-state index in [4.69, 9.17) is 21.6 Å². The Morgan fingerprint density at radius 2 is 1.86 bits per heavy atom. The number of nitrogens with one attached hydrogen (secondary N) is 1. The summed E-state index contributed by atoms with van der Waals surface area (Å²) in [5, 5.41) is 11.5. The average Bonchev–Trinajstić information content (AvgIpc) is 2.92. The minimum absolute atomic E-state index is 0.185. The molecule has 1 heterocycles. The minimum atomic E-state index is -0.826. The summed E-state index contributed by atoms with van der Waals surface area (Å²) in [6, 6.07) is 6.25. The van der Waals surface area contributed by atoms with Crippen molar-refractivity contribution < 1.29 is 23.9 Å². The number of rotatable bonds is 5. The molecule has 1 aliphatic carbocycles. The molecule has 1 aromatic rings. The van der Waals surface area contributed by atoms with Crippen LogP contribution in [0.4, 0.5) is 5.69 Å². The van der Waals surface area contributed by atoms with Crippen LogP contribution in [0.1, 0.15) is 31.2 Å². The number of hydrogen-bond donors (Lipinski definition) is 1. The van der Waals surface area contributed by atoms with Crippen molar-refractivity contribution in [2.24, 2.45) is 11.8 Å². The van der Waals surface area contributed by atoms with Gasteiger partial charge in [-0.05, 0) is 31.0 Å². The molecule has 146 valence electrons. The number of nitriles is 1. The van der Waals surface area contributed by atoms with Gasteiger partial charge in [0.15, 0.2) is 6.61 Å². The van der Waals surface area contributed by atoms with Crippen LogP contribution in [0.25, 0.3) is 0 Å². The van der Waals surface area contributed by atoms with Crippen LogP contribution in [0, 0.1) is 23.2 Å². The van der Waals surface area contributed by atoms with Crippen LogP contribution in [0.15, 0.2) is 18.2 Å². The van der Waals surface area contributed by atoms with E-state index >= 15 is 0 Å². The number of anilines is 1. The molecule has 2 aliphatic rings. The van der Waals surface area contributed by atoms with E-state index in [9.17, 15) is 19.2 Å². The molecule has 3 rings (SSSR count). The molecule has 8 nitrogen and oxygen atoms in total. The van der Waals surface area contributed by atoms with Gasteiger partial charge in [0.2, 0.25) is 11.8 Å². The van der Waals surface area contributed by atoms with Gasteiger partial charge in [-0.3, -0.25) is 24.1 Å². The van der Waals surface area contributed by atoms with E-state index < -0.39 is 25.0 Å². The molecular weight excluding hydrogens is 386 g/mol. The monoisotopic (exact) mass is 403 g/mol. The van der Waals surface area contributed by atoms with Crippen molar-refractivity contribution >= 4 is 41.0 Å². The molecule has 28 heavy (non-hydrogen) atoms. The Balaban J connectivity index is 1.49. The van der Waals surface area contributed by atoms with Crippen molar-refractivity contribution in [3.8, 4) is 6.07 Å². The summed E-state index contributed by atoms with van der Waals surface area (Å²) in [4.78, 5) is 49.5. The highest BCUT2D eigenvalue weighted by Gasteiger charge is 2.48. The van der Waals surface area contributed by atoms with Crippen LogP contribution in [0.2, 0.25) is 5.02 Å². The number of halogens is 1. The number of fused-ring (bicyclic) bond motifs is 1. The smallest absolute Gasteiger partial charge is 0.326 e. The van der Waals surface area contributed by atoms with Crippen LogP contribution in [-0.4, -0.2) is 41.7 Å². The van der Waals surface area contributed by atoms with Crippen molar-refractivity contribution in [3.63, 3.8) is 0 Å². The van der Waals surface area contributed by atoms with Crippen molar-refractivity contribution in [1.82, 2.24) is 4.90 Å². The van der Waals surface area contributed by atoms with Crippen LogP contribution in [0.5, 0.6) is 0 Å². The summed E-state index contributed by atoms with van der Waals surface area (Å²) in [7, 11) is 0. The molecule has 2 fully saturated rings. The lowest BCUT2D eigenvalue weighted by molar-refractivity contribution is -0.154. The Morgan fingerprint density at radius 3 is 2.43 bits per heavy atom. The molecular formula is C19H18ClN3O5. The fourth-order valence-electron chi connectivity index (χ4n) is 3.59. The molecule has 0 radical (unpaired) electrons. The fraction of sp³-hybridized carbons (Fsp3) is 0.421. The van der Waals surface area contributed by atoms with Crippen LogP contribution < -0.4 is 5.32 Å². The number of nitrogens with zero attached hydrogens (tertiary/aromatic N) is 2. The second kappa shape index (κ2) is 8.40. The third kappa shape index (κ3) is 4.15. The number of amides is 3. The first-order valence-corrected chi connectivity index (χ1v) is 9.29. The maximum atomic E-state index is 12.3. The van der Waals surface area contributed by atoms with E-state index in [1.165, 1.54) is 18.2 Å². The van der Waals surface area contributed by atoms with E-state index in [1.54, 1.807) is 0 Å². The highest BCUT2D eigenvalue weighted by atomic mass is 35.5. The van der Waals surface area contributed by atoms with E-state index in [2.05, 4.69) is 5.32 Å². The molecule has 1 aliphatic heterocycles. The number of imide groups is 1. The lowest BCUT2D eigenvalue weighted by Gasteiger charge is -2.19. The van der Waals surface area contributed by atoms with E-state index in [0.29, 0.717) is 18.5 Å². The van der Waals surface area contributed by atoms with E-state index in [0.717, 1.165) is 17.7 Å². The van der Waals surface area contributed by atoms with Gasteiger partial charge in [-0.25, -0.2) is 0 Å². The maximum Gasteiger partial charge on any atom is 0.326 e. The Bertz CT molecular complexity index is 855. The molecule has 9 heteroatoms. The van der Waals surface area contributed by atoms with Gasteiger partial charge < -0.3 is 10.1 Å². The molecule has 0 spiro atoms. The number of benzene rings is 1. The first-order valence-electron chi connectivity index (χ1n) is 8.91. The first-order chi connectivity index (χ1) is 13.4. The molecule has 2 atom stereocenters. The van der Waals surface area contributed by atoms with E-state index in [1.807, 2.05) is 6.07 Å². The largest absolute Gasteiger partial charge is 0.454 e. The average molecular weight is 404 g/mol. The summed E-state index contributed by atoms with van der Waals surface area (Å²) in [5.41, 5.74) is 0.616. The number of hydrogen-bond acceptors (Lipinski definition) is 6. The predicted octanol–water partition coefficient (Wildman–Crippen LogP) is 1.87. The summed E-state index contributed by atoms with van der Waals surface area (Å²) in [6.07, 6.45) is 3.13. The zero-order valence-corrected chi connectivity index (χ0v) is 15.7. The van der Waals surface area contributed by atoms with Crippen molar-refractivity contribution in [2.75, 3.05) is 18.5 Å². The lowest BCUT2D eigenvalue weighted by Crippen LogP contribution is -2.37. The van der Waals surface area contributed by atoms with Gasteiger partial charge in [-0.15, -0.1) is 0 Å². The third-order valence-electron chi connectivity index (χ3n) is 4.96. The summed E-state index contributed by atoms with van der Waals surface area (Å²) in [6.45, 7) is -1.06. The standard InChI is InChI=1S/C19H18ClN3O5/c20-15-7-12(6-5-11(15)8-21)22-16(24)10-28-17(25)9-23-18(26)13-3-1-2-4-14(13)19(23)27/h5-7,13-14H,1-4,9-10H2,(H,22,24)/t13-,14-/m0/s1. The van der Waals surface area contributed by atoms with Crippen molar-refractivity contribution in [2.45, 2.75) is 25.7 Å². The summed E-state index contributed by atoms with van der Waals surface area (Å²) < 4.78 is 4.88. The highest BCUT2D eigenvalue weighted by molar-refractivity contribution is 6.32. The first kappa shape index (κ1) is 19.8. The Kier molecular flexibility index (Phi) is 5.95. The summed E-state index contributed by atoms with van der Waals surface area (Å²) >= 11 is 5.89. The molecule has 3 amide bonds. The highest BCUT2D eigenvalue weighted by Crippen LogP contribution is 2.37. The maximum absolute atomic E-state index is 12.3. The van der Waals surface area contributed by atoms with Crippen LogP contribution >= 0.6 is 11.6 Å². The zero-order valence-electron chi connectivity index (χ0n) is 14.9. The number of likely N-dealkylation sites (tertiary alicyclic amines) is 1. The second-order valence-corrected chi connectivity index (χ2v) is 7.18. The zero-order chi connectivity index (χ0) is 20.3. The number of carbonyl (C=O) groups excluding carboxylic acids is 4. The molecule has 1 aromatic carbocycles. The lowest BCUT2D eigenvalue weighted by atomic mass is 9.81. The van der Waals surface area contributed by atoms with Gasteiger partial charge in [0.25, 0.3) is 5.91 Å². The molecule has 0 aromatic heterocycles. The van der Waals surface area contributed by atoms with Gasteiger partial charge in [0, 0.05) is 5.69 Å². The Labute approximate surface area is 166 Å². The van der Waals surface area contributed by atoms with Gasteiger partial charge in [0.05, 0.1) is 22.4 Å². The van der Waals surface area contributed by atoms with Crippen molar-refractivity contribution in [3.05, 3.63) is 28.8 Å². The fourth-order valence-corrected chi connectivity index (χ4v) is 3.81. The number of carbonyl (C=O) groups is 4. The van der Waals surface area contributed by atoms with Crippen LogP contribution in [-0.2, 0) is 23.9 Å². The quantitative estimate of drug-likeness (QED) is 0.592. The number of esters is 1.